The lowest BCUT2D eigenvalue weighted by molar-refractivity contribution is 0.00600. The van der Waals surface area contributed by atoms with Crippen LogP contribution in [0.4, 0.5) is 4.79 Å². The molecule has 3 aliphatic rings. The molecule has 4 heterocycles. The van der Waals surface area contributed by atoms with Crippen LogP contribution in [0.2, 0.25) is 0 Å². The zero-order valence-electron chi connectivity index (χ0n) is 15.4. The van der Waals surface area contributed by atoms with Crippen LogP contribution in [0.1, 0.15) is 37.8 Å². The fourth-order valence-electron chi connectivity index (χ4n) is 4.41. The quantitative estimate of drug-likeness (QED) is 0.829. The highest BCUT2D eigenvalue weighted by Crippen LogP contribution is 2.42. The average Bonchev–Trinajstić information content (AvgIpc) is 3.34. The highest BCUT2D eigenvalue weighted by Gasteiger charge is 2.43. The van der Waals surface area contributed by atoms with Gasteiger partial charge >= 0.3 is 6.03 Å². The molecule has 3 fully saturated rings. The smallest absolute Gasteiger partial charge is 0.319 e. The molecule has 26 heavy (non-hydrogen) atoms. The maximum absolute atomic E-state index is 12.5. The number of carbonyl (C=O) groups excluding carboxylic acids is 1. The van der Waals surface area contributed by atoms with Gasteiger partial charge < -0.3 is 19.3 Å². The minimum atomic E-state index is 0.166. The van der Waals surface area contributed by atoms with Crippen molar-refractivity contribution in [3.8, 4) is 0 Å². The average molecular weight is 359 g/mol. The molecule has 0 saturated carbocycles. The highest BCUT2D eigenvalue weighted by atomic mass is 16.5. The van der Waals surface area contributed by atoms with Crippen LogP contribution in [0.15, 0.2) is 24.4 Å². The Hall–Kier alpha value is -1.66. The molecule has 0 N–H and O–H groups in total. The fraction of sp³-hybridized carbons (Fsp3) is 0.700. The standard InChI is InChI=1S/C20H29N3O3/c24-19(22-9-3-4-10-22)23-11-6-20(7-12-23)13-18(26-16-20)15-25-14-17-5-1-2-8-21-17/h1-2,5,8,18H,3-4,6-7,9-16H2/t18-/m1/s1. The molecule has 0 unspecified atom stereocenters. The van der Waals surface area contributed by atoms with E-state index in [-0.39, 0.29) is 17.6 Å². The summed E-state index contributed by atoms with van der Waals surface area (Å²) >= 11 is 0. The summed E-state index contributed by atoms with van der Waals surface area (Å²) in [4.78, 5) is 20.9. The highest BCUT2D eigenvalue weighted by molar-refractivity contribution is 5.74. The van der Waals surface area contributed by atoms with Gasteiger partial charge in [0, 0.05) is 32.4 Å². The van der Waals surface area contributed by atoms with E-state index in [0.717, 1.165) is 70.6 Å². The topological polar surface area (TPSA) is 54.9 Å². The SMILES string of the molecule is O=C(N1CCCC1)N1CCC2(CC1)CO[C@@H](COCc1ccccn1)C2. The van der Waals surface area contributed by atoms with Crippen LogP contribution in [0.25, 0.3) is 0 Å². The lowest BCUT2D eigenvalue weighted by Gasteiger charge is -2.39. The molecule has 6 nitrogen and oxygen atoms in total. The molecule has 2 amide bonds. The Morgan fingerprint density at radius 3 is 2.69 bits per heavy atom. The van der Waals surface area contributed by atoms with Gasteiger partial charge in [0.25, 0.3) is 0 Å². The number of hydrogen-bond acceptors (Lipinski definition) is 4. The van der Waals surface area contributed by atoms with Gasteiger partial charge in [-0.1, -0.05) is 6.07 Å². The molecule has 3 saturated heterocycles. The van der Waals surface area contributed by atoms with Crippen molar-refractivity contribution in [1.82, 2.24) is 14.8 Å². The first kappa shape index (κ1) is 17.7. The third kappa shape index (κ3) is 4.01. The second kappa shape index (κ2) is 7.92. The number of aromatic nitrogens is 1. The molecular weight excluding hydrogens is 330 g/mol. The van der Waals surface area contributed by atoms with Gasteiger partial charge in [-0.05, 0) is 49.7 Å². The van der Waals surface area contributed by atoms with Gasteiger partial charge in [0.15, 0.2) is 0 Å². The Balaban J connectivity index is 1.20. The first-order valence-corrected chi connectivity index (χ1v) is 9.87. The van der Waals surface area contributed by atoms with Crippen molar-refractivity contribution in [3.05, 3.63) is 30.1 Å². The van der Waals surface area contributed by atoms with Crippen LogP contribution in [0, 0.1) is 5.41 Å². The van der Waals surface area contributed by atoms with Crippen molar-refractivity contribution in [2.75, 3.05) is 39.4 Å². The van der Waals surface area contributed by atoms with Gasteiger partial charge in [0.05, 0.1) is 31.6 Å². The van der Waals surface area contributed by atoms with Crippen LogP contribution in [0.5, 0.6) is 0 Å². The number of ether oxygens (including phenoxy) is 2. The minimum absolute atomic E-state index is 0.166. The van der Waals surface area contributed by atoms with Crippen LogP contribution < -0.4 is 0 Å². The lowest BCUT2D eigenvalue weighted by Crippen LogP contribution is -2.48. The number of hydrogen-bond donors (Lipinski definition) is 0. The zero-order valence-corrected chi connectivity index (χ0v) is 15.4. The molecular formula is C20H29N3O3. The molecule has 0 radical (unpaired) electrons. The molecule has 3 aliphatic heterocycles. The van der Waals surface area contributed by atoms with E-state index < -0.39 is 0 Å². The number of pyridine rings is 1. The van der Waals surface area contributed by atoms with Crippen molar-refractivity contribution < 1.29 is 14.3 Å². The summed E-state index contributed by atoms with van der Waals surface area (Å²) in [6.45, 7) is 5.54. The molecule has 1 aromatic heterocycles. The Bertz CT molecular complexity index is 596. The predicted octanol–water partition coefficient (Wildman–Crippen LogP) is 2.69. The fourth-order valence-corrected chi connectivity index (χ4v) is 4.41. The van der Waals surface area contributed by atoms with Crippen molar-refractivity contribution >= 4 is 6.03 Å². The maximum Gasteiger partial charge on any atom is 0.319 e. The Kier molecular flexibility index (Phi) is 5.41. The predicted molar refractivity (Wildman–Crippen MR) is 97.7 cm³/mol. The number of rotatable bonds is 4. The van der Waals surface area contributed by atoms with E-state index in [0.29, 0.717) is 13.2 Å². The molecule has 6 heteroatoms. The second-order valence-corrected chi connectivity index (χ2v) is 7.94. The van der Waals surface area contributed by atoms with Crippen molar-refractivity contribution in [2.45, 2.75) is 44.8 Å². The molecule has 0 bridgehead atoms. The molecule has 1 aromatic rings. The zero-order chi connectivity index (χ0) is 17.8. The number of carbonyl (C=O) groups is 1. The Morgan fingerprint density at radius 1 is 1.19 bits per heavy atom. The molecule has 1 atom stereocenters. The van der Waals surface area contributed by atoms with Gasteiger partial charge in [0.2, 0.25) is 0 Å². The first-order valence-electron chi connectivity index (χ1n) is 9.87. The first-order chi connectivity index (χ1) is 12.7. The minimum Gasteiger partial charge on any atom is -0.375 e. The summed E-state index contributed by atoms with van der Waals surface area (Å²) in [7, 11) is 0. The molecule has 0 aliphatic carbocycles. The van der Waals surface area contributed by atoms with E-state index in [2.05, 4.69) is 4.98 Å². The summed E-state index contributed by atoms with van der Waals surface area (Å²) < 4.78 is 11.8. The van der Waals surface area contributed by atoms with E-state index in [9.17, 15) is 4.79 Å². The van der Waals surface area contributed by atoms with Crippen LogP contribution in [-0.2, 0) is 16.1 Å². The largest absolute Gasteiger partial charge is 0.375 e. The van der Waals surface area contributed by atoms with Gasteiger partial charge in [-0.2, -0.15) is 0 Å². The van der Waals surface area contributed by atoms with Crippen molar-refractivity contribution in [2.24, 2.45) is 5.41 Å². The monoisotopic (exact) mass is 359 g/mol. The third-order valence-corrected chi connectivity index (χ3v) is 6.04. The Labute approximate surface area is 155 Å². The summed E-state index contributed by atoms with van der Waals surface area (Å²) in [5.74, 6) is 0. The van der Waals surface area contributed by atoms with Crippen LogP contribution in [0.3, 0.4) is 0 Å². The number of urea groups is 1. The molecule has 142 valence electrons. The summed E-state index contributed by atoms with van der Waals surface area (Å²) in [5.41, 5.74) is 1.19. The normalized spacial score (nSPS) is 25.2. The second-order valence-electron chi connectivity index (χ2n) is 7.94. The summed E-state index contributed by atoms with van der Waals surface area (Å²) in [5, 5.41) is 0. The van der Waals surface area contributed by atoms with E-state index >= 15 is 0 Å². The number of likely N-dealkylation sites (tertiary alicyclic amines) is 2. The third-order valence-electron chi connectivity index (χ3n) is 6.04. The van der Waals surface area contributed by atoms with Gasteiger partial charge in [-0.3, -0.25) is 4.98 Å². The number of amides is 2. The van der Waals surface area contributed by atoms with E-state index in [1.807, 2.05) is 28.0 Å². The summed E-state index contributed by atoms with van der Waals surface area (Å²) in [6.07, 6.45) is 7.39. The van der Waals surface area contributed by atoms with Gasteiger partial charge in [0.1, 0.15) is 0 Å². The van der Waals surface area contributed by atoms with Crippen molar-refractivity contribution in [3.63, 3.8) is 0 Å². The van der Waals surface area contributed by atoms with E-state index in [1.54, 1.807) is 6.20 Å². The van der Waals surface area contributed by atoms with Gasteiger partial charge in [-0.25, -0.2) is 4.79 Å². The van der Waals surface area contributed by atoms with Gasteiger partial charge in [-0.15, -0.1) is 0 Å². The van der Waals surface area contributed by atoms with Crippen LogP contribution >= 0.6 is 0 Å². The van der Waals surface area contributed by atoms with E-state index in [4.69, 9.17) is 9.47 Å². The molecule has 1 spiro atoms. The number of nitrogens with zero attached hydrogens (tertiary/aromatic N) is 3. The number of piperidine rings is 1. The molecule has 0 aromatic carbocycles. The summed E-state index contributed by atoms with van der Waals surface area (Å²) in [6, 6.07) is 6.11. The van der Waals surface area contributed by atoms with Crippen molar-refractivity contribution in [1.29, 1.82) is 0 Å². The molecule has 4 rings (SSSR count). The Morgan fingerprint density at radius 2 is 1.96 bits per heavy atom. The lowest BCUT2D eigenvalue weighted by atomic mass is 9.77. The van der Waals surface area contributed by atoms with E-state index in [1.165, 1.54) is 0 Å². The van der Waals surface area contributed by atoms with Crippen LogP contribution in [-0.4, -0.2) is 66.3 Å². The maximum atomic E-state index is 12.5.